The number of nitrogens with one attached hydrogen (secondary N) is 1. The van der Waals surface area contributed by atoms with E-state index in [1.807, 2.05) is 6.92 Å². The van der Waals surface area contributed by atoms with Gasteiger partial charge in [0, 0.05) is 52.2 Å². The average Bonchev–Trinajstić information content (AvgIpc) is 2.65. The summed E-state index contributed by atoms with van der Waals surface area (Å²) in [5.74, 6) is 1.46. The smallest absolute Gasteiger partial charge is 0.220 e. The zero-order valence-electron chi connectivity index (χ0n) is 17.9. The summed E-state index contributed by atoms with van der Waals surface area (Å²) >= 11 is 0. The molecule has 0 saturated heterocycles. The first-order chi connectivity index (χ1) is 12.9. The maximum absolute atomic E-state index is 12.3. The van der Waals surface area contributed by atoms with E-state index in [1.165, 1.54) is 0 Å². The monoisotopic (exact) mass is 385 g/mol. The highest BCUT2D eigenvalue weighted by Crippen LogP contribution is 2.28. The average molecular weight is 386 g/mol. The van der Waals surface area contributed by atoms with E-state index >= 15 is 0 Å². The van der Waals surface area contributed by atoms with E-state index < -0.39 is 0 Å². The van der Waals surface area contributed by atoms with Crippen LogP contribution in [0, 0.1) is 17.8 Å². The van der Waals surface area contributed by atoms with E-state index in [1.54, 1.807) is 0 Å². The Balaban J connectivity index is 0.00000729. The van der Waals surface area contributed by atoms with Crippen molar-refractivity contribution in [3.05, 3.63) is 0 Å². The molecule has 5 nitrogen and oxygen atoms in total. The second kappa shape index (κ2) is 14.1. The van der Waals surface area contributed by atoms with Crippen LogP contribution in [0.25, 0.3) is 0 Å². The Morgan fingerprint density at radius 3 is 2.26 bits per heavy atom. The molecule has 1 aliphatic carbocycles. The van der Waals surface area contributed by atoms with E-state index in [2.05, 4.69) is 26.1 Å². The number of carbonyl (C=O) groups excluding carboxylic acids is 2. The summed E-state index contributed by atoms with van der Waals surface area (Å²) < 4.78 is 11.1. The molecular weight excluding hydrogens is 342 g/mol. The van der Waals surface area contributed by atoms with E-state index in [0.717, 1.165) is 58.2 Å². The molecule has 0 spiro atoms. The van der Waals surface area contributed by atoms with Gasteiger partial charge >= 0.3 is 0 Å². The molecule has 1 amide bonds. The van der Waals surface area contributed by atoms with E-state index in [-0.39, 0.29) is 25.2 Å². The molecule has 27 heavy (non-hydrogen) atoms. The van der Waals surface area contributed by atoms with Gasteiger partial charge in [0.15, 0.2) is 0 Å². The summed E-state index contributed by atoms with van der Waals surface area (Å²) in [6.45, 7) is 11.2. The third-order valence-corrected chi connectivity index (χ3v) is 5.31. The lowest BCUT2D eigenvalue weighted by molar-refractivity contribution is -0.127. The maximum Gasteiger partial charge on any atom is 0.220 e. The third-order valence-electron chi connectivity index (χ3n) is 5.31. The number of amides is 1. The first-order valence-electron chi connectivity index (χ1n) is 10.9. The molecule has 0 bridgehead atoms. The van der Waals surface area contributed by atoms with Crippen molar-refractivity contribution in [2.45, 2.75) is 85.1 Å². The summed E-state index contributed by atoms with van der Waals surface area (Å²) in [7, 11) is 0. The molecule has 1 aliphatic rings. The molecule has 1 atom stereocenters. The summed E-state index contributed by atoms with van der Waals surface area (Å²) in [5.41, 5.74) is 0. The van der Waals surface area contributed by atoms with Crippen molar-refractivity contribution in [1.82, 2.24) is 5.32 Å². The molecule has 1 unspecified atom stereocenters. The van der Waals surface area contributed by atoms with Crippen molar-refractivity contribution in [3.63, 3.8) is 0 Å². The highest BCUT2D eigenvalue weighted by Gasteiger charge is 2.28. The Hall–Kier alpha value is -0.940. The van der Waals surface area contributed by atoms with Crippen molar-refractivity contribution in [1.29, 1.82) is 0 Å². The minimum atomic E-state index is 0. The second-order valence-electron chi connectivity index (χ2n) is 8.37. The normalized spacial score (nSPS) is 21.2. The highest BCUT2D eigenvalue weighted by atomic mass is 16.5. The number of ketones is 1. The summed E-state index contributed by atoms with van der Waals surface area (Å²) in [5, 5.41) is 3.13. The fourth-order valence-corrected chi connectivity index (χ4v) is 3.44. The quantitative estimate of drug-likeness (QED) is 0.451. The molecule has 1 saturated carbocycles. The number of rotatable bonds is 14. The Bertz CT molecular complexity index is 423. The maximum atomic E-state index is 12.3. The molecule has 0 heterocycles. The third kappa shape index (κ3) is 10.8. The lowest BCUT2D eigenvalue weighted by Crippen LogP contribution is -2.39. The predicted molar refractivity (Wildman–Crippen MR) is 111 cm³/mol. The van der Waals surface area contributed by atoms with Crippen LogP contribution in [0.1, 0.15) is 80.5 Å². The van der Waals surface area contributed by atoms with Crippen LogP contribution >= 0.6 is 0 Å². The van der Waals surface area contributed by atoms with Gasteiger partial charge in [0.1, 0.15) is 5.78 Å². The predicted octanol–water partition coefficient (Wildman–Crippen LogP) is 4.38. The van der Waals surface area contributed by atoms with Gasteiger partial charge in [-0.25, -0.2) is 0 Å². The molecule has 0 aliphatic heterocycles. The molecule has 5 heteroatoms. The molecule has 0 aromatic carbocycles. The Morgan fingerprint density at radius 1 is 1.00 bits per heavy atom. The Kier molecular flexibility index (Phi) is 12.6. The van der Waals surface area contributed by atoms with Crippen molar-refractivity contribution in [2.75, 3.05) is 26.4 Å². The van der Waals surface area contributed by atoms with Gasteiger partial charge < -0.3 is 14.8 Å². The van der Waals surface area contributed by atoms with Crippen molar-refractivity contribution >= 4 is 11.7 Å². The molecule has 1 fully saturated rings. The lowest BCUT2D eigenvalue weighted by Gasteiger charge is -2.29. The first-order valence-corrected chi connectivity index (χ1v) is 10.9. The van der Waals surface area contributed by atoms with Gasteiger partial charge in [-0.2, -0.15) is 0 Å². The van der Waals surface area contributed by atoms with Gasteiger partial charge in [0.25, 0.3) is 0 Å². The molecule has 0 radical (unpaired) electrons. The van der Waals surface area contributed by atoms with E-state index in [9.17, 15) is 9.59 Å². The van der Waals surface area contributed by atoms with Crippen LogP contribution in [0.4, 0.5) is 0 Å². The van der Waals surface area contributed by atoms with Crippen LogP contribution in [0.5, 0.6) is 0 Å². The highest BCUT2D eigenvalue weighted by molar-refractivity contribution is 5.83. The minimum Gasteiger partial charge on any atom is -0.381 e. The molecular formula is C22H43NO4. The number of ether oxygens (including phenoxy) is 2. The van der Waals surface area contributed by atoms with Crippen LogP contribution in [0.2, 0.25) is 0 Å². The largest absolute Gasteiger partial charge is 0.381 e. The van der Waals surface area contributed by atoms with Crippen LogP contribution in [0.3, 0.4) is 0 Å². The Labute approximate surface area is 167 Å². The summed E-state index contributed by atoms with van der Waals surface area (Å²) in [6.07, 6.45) is 6.75. The van der Waals surface area contributed by atoms with Crippen molar-refractivity contribution in [2.24, 2.45) is 17.8 Å². The first kappa shape index (κ1) is 24.1. The van der Waals surface area contributed by atoms with E-state index in [0.29, 0.717) is 31.3 Å². The fourth-order valence-electron chi connectivity index (χ4n) is 3.44. The minimum absolute atomic E-state index is 0. The standard InChI is InChI=1S/C22H41NO4.H2/c1-5-18(4)22(25)19-9-11-20(12-10-19)23-21(24)8-6-13-26-14-7-15-27-16-17(2)3;/h17-20H,5-16H2,1-4H3,(H,23,24);1H. The Morgan fingerprint density at radius 2 is 1.63 bits per heavy atom. The van der Waals surface area contributed by atoms with Crippen molar-refractivity contribution in [3.8, 4) is 0 Å². The zero-order chi connectivity index (χ0) is 20.1. The van der Waals surface area contributed by atoms with Gasteiger partial charge in [0.05, 0.1) is 0 Å². The topological polar surface area (TPSA) is 64.6 Å². The SMILES string of the molecule is CCC(C)C(=O)C1CCC(NC(=O)CCCOCCCOCC(C)C)CC1.[HH]. The summed E-state index contributed by atoms with van der Waals surface area (Å²) in [6, 6.07) is 0.234. The fraction of sp³-hybridized carbons (Fsp3) is 0.909. The number of carbonyl (C=O) groups is 2. The molecule has 0 aromatic heterocycles. The van der Waals surface area contributed by atoms with Gasteiger partial charge in [-0.15, -0.1) is 0 Å². The number of Topliss-reactive ketones (excluding diaryl/α,β-unsaturated/α-hetero) is 1. The molecule has 1 N–H and O–H groups in total. The van der Waals surface area contributed by atoms with Gasteiger partial charge in [0.2, 0.25) is 5.91 Å². The van der Waals surface area contributed by atoms with Gasteiger partial charge in [-0.05, 0) is 50.9 Å². The summed E-state index contributed by atoms with van der Waals surface area (Å²) in [4.78, 5) is 24.3. The molecule has 160 valence electrons. The van der Waals surface area contributed by atoms with Crippen LogP contribution in [0.15, 0.2) is 0 Å². The number of hydrogen-bond donors (Lipinski definition) is 1. The van der Waals surface area contributed by atoms with Crippen LogP contribution in [-0.2, 0) is 19.1 Å². The van der Waals surface area contributed by atoms with Crippen molar-refractivity contribution < 1.29 is 20.5 Å². The van der Waals surface area contributed by atoms with E-state index in [4.69, 9.17) is 9.47 Å². The zero-order valence-corrected chi connectivity index (χ0v) is 17.9. The van der Waals surface area contributed by atoms with Crippen LogP contribution in [-0.4, -0.2) is 44.2 Å². The lowest BCUT2D eigenvalue weighted by atomic mass is 9.79. The molecule has 0 aromatic rings. The van der Waals surface area contributed by atoms with Crippen LogP contribution < -0.4 is 5.32 Å². The van der Waals surface area contributed by atoms with Gasteiger partial charge in [-0.3, -0.25) is 9.59 Å². The molecule has 1 rings (SSSR count). The number of hydrogen-bond acceptors (Lipinski definition) is 4. The van der Waals surface area contributed by atoms with Gasteiger partial charge in [-0.1, -0.05) is 27.7 Å². The second-order valence-corrected chi connectivity index (χ2v) is 8.37.